The van der Waals surface area contributed by atoms with Gasteiger partial charge in [0.05, 0.1) is 5.69 Å². The fourth-order valence-corrected chi connectivity index (χ4v) is 1.08. The van der Waals surface area contributed by atoms with Crippen molar-refractivity contribution in [1.82, 2.24) is 0 Å². The van der Waals surface area contributed by atoms with Crippen LogP contribution in [0, 0.1) is 0 Å². The van der Waals surface area contributed by atoms with Crippen molar-refractivity contribution in [2.75, 3.05) is 12.4 Å². The Bertz CT molecular complexity index is 361. The van der Waals surface area contributed by atoms with Crippen LogP contribution < -0.4 is 10.1 Å². The summed E-state index contributed by atoms with van der Waals surface area (Å²) >= 11 is 0. The second-order valence-corrected chi connectivity index (χ2v) is 3.66. The van der Waals surface area contributed by atoms with Gasteiger partial charge in [-0.3, -0.25) is 0 Å². The topological polar surface area (TPSA) is 58.6 Å². The molecular formula is C11H15NO3. The van der Waals surface area contributed by atoms with Crippen LogP contribution >= 0.6 is 0 Å². The van der Waals surface area contributed by atoms with E-state index in [0.29, 0.717) is 5.75 Å². The van der Waals surface area contributed by atoms with Crippen molar-refractivity contribution >= 4 is 11.7 Å². The summed E-state index contributed by atoms with van der Waals surface area (Å²) in [5, 5.41) is 11.9. The maximum Gasteiger partial charge on any atom is 0.347 e. The van der Waals surface area contributed by atoms with Gasteiger partial charge in [-0.1, -0.05) is 12.1 Å². The number of carboxylic acids is 1. The van der Waals surface area contributed by atoms with Gasteiger partial charge in [0.2, 0.25) is 0 Å². The van der Waals surface area contributed by atoms with Crippen LogP contribution in [0.5, 0.6) is 5.75 Å². The van der Waals surface area contributed by atoms with Crippen LogP contribution in [-0.2, 0) is 4.79 Å². The Morgan fingerprint density at radius 2 is 2.00 bits per heavy atom. The minimum Gasteiger partial charge on any atom is -0.478 e. The lowest BCUT2D eigenvalue weighted by molar-refractivity contribution is -0.152. The van der Waals surface area contributed by atoms with E-state index >= 15 is 0 Å². The molecule has 0 fully saturated rings. The average Bonchev–Trinajstić information content (AvgIpc) is 2.18. The summed E-state index contributed by atoms with van der Waals surface area (Å²) in [6.07, 6.45) is 0. The van der Waals surface area contributed by atoms with Crippen molar-refractivity contribution in [1.29, 1.82) is 0 Å². The second kappa shape index (κ2) is 4.21. The molecule has 4 heteroatoms. The molecule has 15 heavy (non-hydrogen) atoms. The van der Waals surface area contributed by atoms with E-state index in [4.69, 9.17) is 9.84 Å². The van der Waals surface area contributed by atoms with Crippen LogP contribution in [0.3, 0.4) is 0 Å². The maximum absolute atomic E-state index is 10.9. The molecule has 0 radical (unpaired) electrons. The number of carbonyl (C=O) groups is 1. The Hall–Kier alpha value is -1.71. The second-order valence-electron chi connectivity index (χ2n) is 3.66. The first-order valence-electron chi connectivity index (χ1n) is 4.66. The molecule has 1 aromatic carbocycles. The highest BCUT2D eigenvalue weighted by molar-refractivity contribution is 5.77. The Balaban J connectivity index is 2.94. The Kier molecular flexibility index (Phi) is 3.19. The largest absolute Gasteiger partial charge is 0.478 e. The van der Waals surface area contributed by atoms with E-state index in [1.54, 1.807) is 19.2 Å². The highest BCUT2D eigenvalue weighted by Gasteiger charge is 2.29. The highest BCUT2D eigenvalue weighted by Crippen LogP contribution is 2.27. The van der Waals surface area contributed by atoms with E-state index in [2.05, 4.69) is 5.32 Å². The van der Waals surface area contributed by atoms with Gasteiger partial charge in [-0.15, -0.1) is 0 Å². The summed E-state index contributed by atoms with van der Waals surface area (Å²) in [7, 11) is 1.76. The van der Waals surface area contributed by atoms with E-state index in [9.17, 15) is 4.79 Å². The number of hydrogen-bond acceptors (Lipinski definition) is 3. The van der Waals surface area contributed by atoms with Gasteiger partial charge >= 0.3 is 5.97 Å². The Morgan fingerprint density at radius 3 is 2.53 bits per heavy atom. The predicted molar refractivity (Wildman–Crippen MR) is 58.3 cm³/mol. The van der Waals surface area contributed by atoms with E-state index in [0.717, 1.165) is 5.69 Å². The number of rotatable bonds is 4. The molecule has 1 rings (SSSR count). The third kappa shape index (κ3) is 2.62. The SMILES string of the molecule is CNc1ccccc1OC(C)(C)C(=O)O. The molecule has 1 aromatic rings. The lowest BCUT2D eigenvalue weighted by Crippen LogP contribution is -2.38. The molecule has 0 bridgehead atoms. The summed E-state index contributed by atoms with van der Waals surface area (Å²) < 4.78 is 5.42. The molecule has 0 amide bonds. The van der Waals surface area contributed by atoms with E-state index < -0.39 is 11.6 Å². The third-order valence-electron chi connectivity index (χ3n) is 2.04. The van der Waals surface area contributed by atoms with Crippen LogP contribution in [0.2, 0.25) is 0 Å². The lowest BCUT2D eigenvalue weighted by atomic mass is 10.1. The number of para-hydroxylation sites is 2. The normalized spacial score (nSPS) is 10.9. The molecule has 4 nitrogen and oxygen atoms in total. The number of nitrogens with one attached hydrogen (secondary N) is 1. The molecule has 0 spiro atoms. The lowest BCUT2D eigenvalue weighted by Gasteiger charge is -2.23. The molecule has 0 aliphatic rings. The first-order chi connectivity index (χ1) is 6.97. The number of carboxylic acid groups (broad SMARTS) is 1. The van der Waals surface area contributed by atoms with E-state index in [1.807, 2.05) is 12.1 Å². The van der Waals surface area contributed by atoms with E-state index in [1.165, 1.54) is 13.8 Å². The number of benzene rings is 1. The fraction of sp³-hybridized carbons (Fsp3) is 0.364. The third-order valence-corrected chi connectivity index (χ3v) is 2.04. The number of ether oxygens (including phenoxy) is 1. The Labute approximate surface area is 88.9 Å². The summed E-state index contributed by atoms with van der Waals surface area (Å²) in [5.74, 6) is -0.458. The molecule has 0 aliphatic heterocycles. The van der Waals surface area contributed by atoms with Crippen LogP contribution in [0.25, 0.3) is 0 Å². The molecule has 2 N–H and O–H groups in total. The van der Waals surface area contributed by atoms with Gasteiger partial charge in [-0.25, -0.2) is 4.79 Å². The smallest absolute Gasteiger partial charge is 0.347 e. The summed E-state index contributed by atoms with van der Waals surface area (Å²) in [4.78, 5) is 10.9. The summed E-state index contributed by atoms with van der Waals surface area (Å²) in [5.41, 5.74) is -0.459. The van der Waals surface area contributed by atoms with Gasteiger partial charge in [0.15, 0.2) is 5.60 Å². The molecular weight excluding hydrogens is 194 g/mol. The monoisotopic (exact) mass is 209 g/mol. The van der Waals surface area contributed by atoms with Gasteiger partial charge in [0.1, 0.15) is 5.75 Å². The molecule has 0 atom stereocenters. The average molecular weight is 209 g/mol. The van der Waals surface area contributed by atoms with Crippen molar-refractivity contribution in [3.8, 4) is 5.75 Å². The van der Waals surface area contributed by atoms with Crippen molar-refractivity contribution in [2.45, 2.75) is 19.4 Å². The molecule has 0 unspecified atom stereocenters. The van der Waals surface area contributed by atoms with Crippen LogP contribution in [0.15, 0.2) is 24.3 Å². The molecule has 82 valence electrons. The first-order valence-corrected chi connectivity index (χ1v) is 4.66. The maximum atomic E-state index is 10.9. The zero-order chi connectivity index (χ0) is 11.5. The fourth-order valence-electron chi connectivity index (χ4n) is 1.08. The quantitative estimate of drug-likeness (QED) is 0.796. The molecule has 0 saturated carbocycles. The minimum atomic E-state index is -1.23. The van der Waals surface area contributed by atoms with Gasteiger partial charge in [-0.05, 0) is 26.0 Å². The molecule has 0 aromatic heterocycles. The van der Waals surface area contributed by atoms with Crippen molar-refractivity contribution in [3.63, 3.8) is 0 Å². The van der Waals surface area contributed by atoms with Gasteiger partial charge in [0, 0.05) is 7.05 Å². The molecule has 0 aliphatic carbocycles. The standard InChI is InChI=1S/C11H15NO3/c1-11(2,10(13)14)15-9-7-5-4-6-8(9)12-3/h4-7,12H,1-3H3,(H,13,14). The van der Waals surface area contributed by atoms with Crippen LogP contribution in [0.4, 0.5) is 5.69 Å². The molecule has 0 heterocycles. The van der Waals surface area contributed by atoms with Crippen molar-refractivity contribution in [3.05, 3.63) is 24.3 Å². The van der Waals surface area contributed by atoms with E-state index in [-0.39, 0.29) is 0 Å². The van der Waals surface area contributed by atoms with Crippen LogP contribution in [0.1, 0.15) is 13.8 Å². The number of aliphatic carboxylic acids is 1. The zero-order valence-corrected chi connectivity index (χ0v) is 9.07. The van der Waals surface area contributed by atoms with Crippen molar-refractivity contribution in [2.24, 2.45) is 0 Å². The first kappa shape index (κ1) is 11.4. The van der Waals surface area contributed by atoms with Crippen LogP contribution in [-0.4, -0.2) is 23.7 Å². The zero-order valence-electron chi connectivity index (χ0n) is 9.07. The minimum absolute atomic E-state index is 0.535. The Morgan fingerprint density at radius 1 is 1.40 bits per heavy atom. The van der Waals surface area contributed by atoms with Gasteiger partial charge < -0.3 is 15.2 Å². The van der Waals surface area contributed by atoms with Gasteiger partial charge in [0.25, 0.3) is 0 Å². The van der Waals surface area contributed by atoms with Crippen molar-refractivity contribution < 1.29 is 14.6 Å². The molecule has 0 saturated heterocycles. The summed E-state index contributed by atoms with van der Waals surface area (Å²) in [6, 6.07) is 7.21. The highest BCUT2D eigenvalue weighted by atomic mass is 16.5. The number of hydrogen-bond donors (Lipinski definition) is 2. The predicted octanol–water partition coefficient (Wildman–Crippen LogP) is 1.97. The van der Waals surface area contributed by atoms with Gasteiger partial charge in [-0.2, -0.15) is 0 Å². The summed E-state index contributed by atoms with van der Waals surface area (Å²) in [6.45, 7) is 3.03. The number of anilines is 1.